The molecule has 1 atom stereocenters. The summed E-state index contributed by atoms with van der Waals surface area (Å²) < 4.78 is 38.2. The second kappa shape index (κ2) is 9.09. The Kier molecular flexibility index (Phi) is 6.72. The van der Waals surface area contributed by atoms with Gasteiger partial charge in [0.25, 0.3) is 0 Å². The van der Waals surface area contributed by atoms with Gasteiger partial charge in [-0.05, 0) is 37.8 Å². The number of rotatable bonds is 3. The number of aromatic nitrogens is 1. The Bertz CT molecular complexity index is 746. The van der Waals surface area contributed by atoms with Crippen LogP contribution in [0, 0.1) is 5.92 Å². The van der Waals surface area contributed by atoms with E-state index in [0.717, 1.165) is 25.1 Å². The van der Waals surface area contributed by atoms with E-state index >= 15 is 0 Å². The number of urea groups is 1. The lowest BCUT2D eigenvalue weighted by atomic mass is 9.95. The Hall–Kier alpha value is -2.52. The number of anilines is 1. The Balaban J connectivity index is 1.51. The number of halogens is 3. The number of carbonyl (C=O) groups excluding carboxylic acids is 2. The Labute approximate surface area is 174 Å². The number of pyridine rings is 1. The first-order chi connectivity index (χ1) is 14.1. The summed E-state index contributed by atoms with van der Waals surface area (Å²) in [6, 6.07) is 2.30. The first-order valence-corrected chi connectivity index (χ1v) is 10.2. The fourth-order valence-corrected chi connectivity index (χ4v) is 3.98. The SMILES string of the molecule is CN(C)C(=O)N1CCC(C(=O)NC2CCCN(c3ccc(C(F)(F)F)cn3)C2)CC1. The fourth-order valence-electron chi connectivity index (χ4n) is 3.98. The molecule has 1 N–H and O–H groups in total. The summed E-state index contributed by atoms with van der Waals surface area (Å²) in [7, 11) is 3.42. The number of carbonyl (C=O) groups is 2. The number of hydrogen-bond acceptors (Lipinski definition) is 4. The second-order valence-electron chi connectivity index (χ2n) is 8.13. The molecule has 30 heavy (non-hydrogen) atoms. The molecule has 2 aliphatic heterocycles. The standard InChI is InChI=1S/C20H28F3N5O2/c1-26(2)19(30)27-10-7-14(8-11-27)18(29)25-16-4-3-9-28(13-16)17-6-5-15(12-24-17)20(21,22)23/h5-6,12,14,16H,3-4,7-11,13H2,1-2H3,(H,25,29). The van der Waals surface area contributed by atoms with E-state index in [1.807, 2.05) is 4.90 Å². The maximum absolute atomic E-state index is 12.7. The van der Waals surface area contributed by atoms with Crippen molar-refractivity contribution < 1.29 is 22.8 Å². The third kappa shape index (κ3) is 5.34. The molecular formula is C20H28F3N5O2. The third-order valence-electron chi connectivity index (χ3n) is 5.69. The van der Waals surface area contributed by atoms with Gasteiger partial charge in [-0.2, -0.15) is 13.2 Å². The van der Waals surface area contributed by atoms with E-state index < -0.39 is 11.7 Å². The first kappa shape index (κ1) is 22.2. The highest BCUT2D eigenvalue weighted by Crippen LogP contribution is 2.30. The van der Waals surface area contributed by atoms with E-state index in [4.69, 9.17) is 0 Å². The predicted molar refractivity (Wildman–Crippen MR) is 106 cm³/mol. The number of alkyl halides is 3. The quantitative estimate of drug-likeness (QED) is 0.805. The normalized spacial score (nSPS) is 20.8. The van der Waals surface area contributed by atoms with Gasteiger partial charge in [0.2, 0.25) is 5.91 Å². The molecule has 3 heterocycles. The van der Waals surface area contributed by atoms with Gasteiger partial charge < -0.3 is 20.0 Å². The van der Waals surface area contributed by atoms with Crippen LogP contribution < -0.4 is 10.2 Å². The van der Waals surface area contributed by atoms with Crippen LogP contribution in [0.1, 0.15) is 31.2 Å². The van der Waals surface area contributed by atoms with Crippen LogP contribution >= 0.6 is 0 Å². The Morgan fingerprint density at radius 1 is 1.13 bits per heavy atom. The second-order valence-corrected chi connectivity index (χ2v) is 8.13. The molecule has 0 saturated carbocycles. The highest BCUT2D eigenvalue weighted by Gasteiger charge is 2.32. The summed E-state index contributed by atoms with van der Waals surface area (Å²) in [5, 5.41) is 3.09. The summed E-state index contributed by atoms with van der Waals surface area (Å²) in [4.78, 5) is 33.9. The predicted octanol–water partition coefficient (Wildman–Crippen LogP) is 2.58. The number of hydrogen-bond donors (Lipinski definition) is 1. The molecule has 0 aromatic carbocycles. The molecule has 0 spiro atoms. The Morgan fingerprint density at radius 3 is 2.40 bits per heavy atom. The summed E-state index contributed by atoms with van der Waals surface area (Å²) >= 11 is 0. The average Bonchev–Trinajstić information content (AvgIpc) is 2.73. The van der Waals surface area contributed by atoms with Crippen LogP contribution in [0.5, 0.6) is 0 Å². The van der Waals surface area contributed by atoms with Crippen molar-refractivity contribution in [1.29, 1.82) is 0 Å². The molecule has 10 heteroatoms. The first-order valence-electron chi connectivity index (χ1n) is 10.2. The zero-order valence-corrected chi connectivity index (χ0v) is 17.3. The molecule has 3 amide bonds. The Morgan fingerprint density at radius 2 is 1.83 bits per heavy atom. The minimum atomic E-state index is -4.41. The lowest BCUT2D eigenvalue weighted by molar-refractivity contribution is -0.137. The molecule has 3 rings (SSSR count). The third-order valence-corrected chi connectivity index (χ3v) is 5.69. The molecule has 1 aromatic rings. The zero-order valence-electron chi connectivity index (χ0n) is 17.3. The molecule has 0 bridgehead atoms. The van der Waals surface area contributed by atoms with E-state index in [0.29, 0.717) is 44.8 Å². The number of nitrogens with one attached hydrogen (secondary N) is 1. The van der Waals surface area contributed by atoms with Gasteiger partial charge >= 0.3 is 12.2 Å². The number of likely N-dealkylation sites (tertiary alicyclic amines) is 1. The topological polar surface area (TPSA) is 68.8 Å². The molecule has 2 aliphatic rings. The van der Waals surface area contributed by atoms with E-state index in [-0.39, 0.29) is 23.9 Å². The molecule has 0 aliphatic carbocycles. The molecule has 0 radical (unpaired) electrons. The van der Waals surface area contributed by atoms with Crippen LogP contribution in [0.25, 0.3) is 0 Å². The molecular weight excluding hydrogens is 399 g/mol. The van der Waals surface area contributed by atoms with Gasteiger partial charge in [-0.1, -0.05) is 0 Å². The fraction of sp³-hybridized carbons (Fsp3) is 0.650. The molecule has 166 valence electrons. The van der Waals surface area contributed by atoms with Crippen molar-refractivity contribution in [2.45, 2.75) is 37.9 Å². The largest absolute Gasteiger partial charge is 0.417 e. The van der Waals surface area contributed by atoms with Gasteiger partial charge in [0, 0.05) is 58.4 Å². The van der Waals surface area contributed by atoms with E-state index in [2.05, 4.69) is 10.3 Å². The van der Waals surface area contributed by atoms with E-state index in [9.17, 15) is 22.8 Å². The van der Waals surface area contributed by atoms with Crippen molar-refractivity contribution >= 4 is 17.8 Å². The highest BCUT2D eigenvalue weighted by molar-refractivity contribution is 5.80. The summed E-state index contributed by atoms with van der Waals surface area (Å²) in [6.07, 6.45) is -0.661. The van der Waals surface area contributed by atoms with Crippen molar-refractivity contribution in [3.05, 3.63) is 23.9 Å². The smallest absolute Gasteiger partial charge is 0.355 e. The van der Waals surface area contributed by atoms with Crippen molar-refractivity contribution in [2.24, 2.45) is 5.92 Å². The summed E-state index contributed by atoms with van der Waals surface area (Å²) in [5.41, 5.74) is -0.771. The molecule has 2 saturated heterocycles. The summed E-state index contributed by atoms with van der Waals surface area (Å²) in [6.45, 7) is 2.32. The summed E-state index contributed by atoms with van der Waals surface area (Å²) in [5.74, 6) is 0.340. The van der Waals surface area contributed by atoms with Gasteiger partial charge in [-0.3, -0.25) is 4.79 Å². The van der Waals surface area contributed by atoms with Crippen LogP contribution in [0.4, 0.5) is 23.8 Å². The molecule has 1 aromatic heterocycles. The van der Waals surface area contributed by atoms with Gasteiger partial charge in [0.1, 0.15) is 5.82 Å². The van der Waals surface area contributed by atoms with Crippen LogP contribution in [-0.4, -0.2) is 73.0 Å². The average molecular weight is 427 g/mol. The lowest BCUT2D eigenvalue weighted by Crippen LogP contribution is -2.51. The van der Waals surface area contributed by atoms with Crippen LogP contribution in [-0.2, 0) is 11.0 Å². The van der Waals surface area contributed by atoms with Gasteiger partial charge in [0.05, 0.1) is 5.56 Å². The highest BCUT2D eigenvalue weighted by atomic mass is 19.4. The van der Waals surface area contributed by atoms with Crippen LogP contribution in [0.3, 0.4) is 0 Å². The van der Waals surface area contributed by atoms with Crippen LogP contribution in [0.2, 0.25) is 0 Å². The number of amides is 3. The van der Waals surface area contributed by atoms with E-state index in [1.165, 1.54) is 11.0 Å². The molecule has 2 fully saturated rings. The van der Waals surface area contributed by atoms with Crippen molar-refractivity contribution in [1.82, 2.24) is 20.1 Å². The maximum atomic E-state index is 12.7. The van der Waals surface area contributed by atoms with Crippen molar-refractivity contribution in [3.63, 3.8) is 0 Å². The molecule has 7 nitrogen and oxygen atoms in total. The van der Waals surface area contributed by atoms with Gasteiger partial charge in [-0.25, -0.2) is 9.78 Å². The van der Waals surface area contributed by atoms with Crippen LogP contribution in [0.15, 0.2) is 18.3 Å². The van der Waals surface area contributed by atoms with Gasteiger partial charge in [0.15, 0.2) is 0 Å². The van der Waals surface area contributed by atoms with Crippen molar-refractivity contribution in [3.8, 4) is 0 Å². The van der Waals surface area contributed by atoms with Gasteiger partial charge in [-0.15, -0.1) is 0 Å². The maximum Gasteiger partial charge on any atom is 0.417 e. The number of piperidine rings is 2. The number of nitrogens with zero attached hydrogens (tertiary/aromatic N) is 4. The zero-order chi connectivity index (χ0) is 21.9. The van der Waals surface area contributed by atoms with E-state index in [1.54, 1.807) is 19.0 Å². The lowest BCUT2D eigenvalue weighted by Gasteiger charge is -2.36. The minimum Gasteiger partial charge on any atom is -0.355 e. The molecule has 1 unspecified atom stereocenters. The van der Waals surface area contributed by atoms with Crippen molar-refractivity contribution in [2.75, 3.05) is 45.2 Å². The monoisotopic (exact) mass is 427 g/mol. The minimum absolute atomic E-state index is 0.0146.